The zero-order valence-corrected chi connectivity index (χ0v) is 10.3. The number of anilines is 1. The molecule has 2 aromatic rings. The number of hydrogen-bond donors (Lipinski definition) is 2. The van der Waals surface area contributed by atoms with Crippen LogP contribution in [-0.2, 0) is 10.1 Å². The summed E-state index contributed by atoms with van der Waals surface area (Å²) in [6.07, 6.45) is 0. The van der Waals surface area contributed by atoms with Gasteiger partial charge < -0.3 is 5.32 Å². The summed E-state index contributed by atoms with van der Waals surface area (Å²) in [5, 5.41) is 1.63. The van der Waals surface area contributed by atoms with E-state index in [2.05, 4.69) is 5.32 Å². The molecule has 18 heavy (non-hydrogen) atoms. The van der Waals surface area contributed by atoms with Crippen LogP contribution in [0, 0.1) is 0 Å². The molecule has 1 atom stereocenters. The number of para-hydroxylation sites is 1. The Hall–Kier alpha value is -1.85. The van der Waals surface area contributed by atoms with Gasteiger partial charge in [0.05, 0.1) is 0 Å². The van der Waals surface area contributed by atoms with Gasteiger partial charge in [-0.3, -0.25) is 4.55 Å². The third-order valence-corrected chi connectivity index (χ3v) is 3.46. The van der Waals surface area contributed by atoms with Gasteiger partial charge in [0, 0.05) is 5.69 Å². The van der Waals surface area contributed by atoms with Crippen molar-refractivity contribution in [2.24, 2.45) is 0 Å². The van der Waals surface area contributed by atoms with Gasteiger partial charge >= 0.3 is 0 Å². The Kier molecular flexibility index (Phi) is 3.64. The summed E-state index contributed by atoms with van der Waals surface area (Å²) in [5.74, 6) is 0. The third kappa shape index (κ3) is 3.09. The van der Waals surface area contributed by atoms with Crippen LogP contribution < -0.4 is 5.32 Å². The predicted molar refractivity (Wildman–Crippen MR) is 70.8 cm³/mol. The highest BCUT2D eigenvalue weighted by Crippen LogP contribution is 2.23. The fraction of sp³-hybridized carbons (Fsp3) is 0.0769. The van der Waals surface area contributed by atoms with Crippen molar-refractivity contribution < 1.29 is 13.0 Å². The summed E-state index contributed by atoms with van der Waals surface area (Å²) < 4.78 is 32.2. The SMILES string of the molecule is O=S(=O)(O)C(Nc1ccccc1)c1ccccc1. The Labute approximate surface area is 106 Å². The van der Waals surface area contributed by atoms with E-state index < -0.39 is 15.5 Å². The van der Waals surface area contributed by atoms with Gasteiger partial charge in [0.2, 0.25) is 0 Å². The Morgan fingerprint density at radius 1 is 0.889 bits per heavy atom. The molecule has 2 aromatic carbocycles. The summed E-state index contributed by atoms with van der Waals surface area (Å²) in [6.45, 7) is 0. The molecule has 94 valence electrons. The van der Waals surface area contributed by atoms with Crippen molar-refractivity contribution in [1.29, 1.82) is 0 Å². The van der Waals surface area contributed by atoms with Gasteiger partial charge in [-0.2, -0.15) is 8.42 Å². The molecule has 4 nitrogen and oxygen atoms in total. The van der Waals surface area contributed by atoms with Crippen LogP contribution in [0.2, 0.25) is 0 Å². The van der Waals surface area contributed by atoms with Crippen LogP contribution >= 0.6 is 0 Å². The summed E-state index contributed by atoms with van der Waals surface area (Å²) in [4.78, 5) is 0. The predicted octanol–water partition coefficient (Wildman–Crippen LogP) is 2.69. The lowest BCUT2D eigenvalue weighted by atomic mass is 10.2. The summed E-state index contributed by atoms with van der Waals surface area (Å²) in [6, 6.07) is 17.4. The van der Waals surface area contributed by atoms with Crippen molar-refractivity contribution in [3.63, 3.8) is 0 Å². The zero-order valence-electron chi connectivity index (χ0n) is 9.52. The second kappa shape index (κ2) is 5.20. The summed E-state index contributed by atoms with van der Waals surface area (Å²) in [7, 11) is -4.23. The molecule has 0 radical (unpaired) electrons. The van der Waals surface area contributed by atoms with Crippen LogP contribution in [0.25, 0.3) is 0 Å². The molecule has 0 fully saturated rings. The Bertz CT molecular complexity index is 597. The normalized spacial score (nSPS) is 12.9. The molecule has 0 bridgehead atoms. The van der Waals surface area contributed by atoms with Gasteiger partial charge in [-0.15, -0.1) is 0 Å². The molecule has 0 aromatic heterocycles. The van der Waals surface area contributed by atoms with Crippen LogP contribution in [0.3, 0.4) is 0 Å². The number of nitrogens with one attached hydrogen (secondary N) is 1. The monoisotopic (exact) mass is 263 g/mol. The van der Waals surface area contributed by atoms with Crippen molar-refractivity contribution in [2.45, 2.75) is 5.37 Å². The minimum absolute atomic E-state index is 0.490. The molecule has 0 aliphatic rings. The molecule has 2 rings (SSSR count). The average Bonchev–Trinajstić information content (AvgIpc) is 2.37. The van der Waals surface area contributed by atoms with E-state index in [1.807, 2.05) is 6.07 Å². The lowest BCUT2D eigenvalue weighted by molar-refractivity contribution is 0.473. The van der Waals surface area contributed by atoms with Crippen LogP contribution in [-0.4, -0.2) is 13.0 Å². The molecular formula is C13H13NO3S. The van der Waals surface area contributed by atoms with Gasteiger partial charge in [-0.25, -0.2) is 0 Å². The first kappa shape index (κ1) is 12.6. The van der Waals surface area contributed by atoms with Crippen molar-refractivity contribution >= 4 is 15.8 Å². The first-order valence-corrected chi connectivity index (χ1v) is 6.90. The lowest BCUT2D eigenvalue weighted by Gasteiger charge is -2.17. The molecule has 0 aliphatic heterocycles. The molecular weight excluding hydrogens is 250 g/mol. The molecule has 1 unspecified atom stereocenters. The minimum Gasteiger partial charge on any atom is -0.363 e. The highest BCUT2D eigenvalue weighted by atomic mass is 32.2. The zero-order chi connectivity index (χ0) is 13.0. The van der Waals surface area contributed by atoms with Crippen LogP contribution in [0.1, 0.15) is 10.9 Å². The number of benzene rings is 2. The quantitative estimate of drug-likeness (QED) is 0.832. The van der Waals surface area contributed by atoms with Crippen molar-refractivity contribution in [1.82, 2.24) is 0 Å². The highest BCUT2D eigenvalue weighted by Gasteiger charge is 2.24. The maximum absolute atomic E-state index is 11.4. The summed E-state index contributed by atoms with van der Waals surface area (Å²) in [5.41, 5.74) is 1.12. The molecule has 0 heterocycles. The van der Waals surface area contributed by atoms with E-state index in [0.29, 0.717) is 11.3 Å². The molecule has 5 heteroatoms. The molecule has 0 amide bonds. The second-order valence-electron chi connectivity index (χ2n) is 3.82. The van der Waals surface area contributed by atoms with Crippen LogP contribution in [0.5, 0.6) is 0 Å². The largest absolute Gasteiger partial charge is 0.363 e. The molecule has 0 aliphatic carbocycles. The van der Waals surface area contributed by atoms with Crippen LogP contribution in [0.4, 0.5) is 5.69 Å². The van der Waals surface area contributed by atoms with Crippen molar-refractivity contribution in [2.75, 3.05) is 5.32 Å². The first-order valence-electron chi connectivity index (χ1n) is 5.40. The Morgan fingerprint density at radius 3 is 1.89 bits per heavy atom. The fourth-order valence-electron chi connectivity index (χ4n) is 1.64. The molecule has 0 spiro atoms. The van der Waals surface area contributed by atoms with E-state index >= 15 is 0 Å². The molecule has 0 saturated carbocycles. The summed E-state index contributed by atoms with van der Waals surface area (Å²) >= 11 is 0. The van der Waals surface area contributed by atoms with Crippen LogP contribution in [0.15, 0.2) is 60.7 Å². The Morgan fingerprint density at radius 2 is 1.39 bits per heavy atom. The van der Waals surface area contributed by atoms with Gasteiger partial charge in [-0.05, 0) is 17.7 Å². The van der Waals surface area contributed by atoms with Gasteiger partial charge in [-0.1, -0.05) is 48.5 Å². The second-order valence-corrected chi connectivity index (χ2v) is 5.32. The van der Waals surface area contributed by atoms with Gasteiger partial charge in [0.15, 0.2) is 5.37 Å². The smallest absolute Gasteiger partial charge is 0.290 e. The van der Waals surface area contributed by atoms with Crippen molar-refractivity contribution in [3.05, 3.63) is 66.2 Å². The lowest BCUT2D eigenvalue weighted by Crippen LogP contribution is -2.20. The van der Waals surface area contributed by atoms with Crippen molar-refractivity contribution in [3.8, 4) is 0 Å². The standard InChI is InChI=1S/C13H13NO3S/c15-18(16,17)13(11-7-3-1-4-8-11)14-12-9-5-2-6-10-12/h1-10,13-14H,(H,15,16,17). The van der Waals surface area contributed by atoms with E-state index in [1.54, 1.807) is 54.6 Å². The Balaban J connectivity index is 2.34. The van der Waals surface area contributed by atoms with E-state index in [-0.39, 0.29) is 0 Å². The number of rotatable bonds is 4. The maximum atomic E-state index is 11.4. The fourth-order valence-corrected chi connectivity index (χ4v) is 2.43. The van der Waals surface area contributed by atoms with Gasteiger partial charge in [0.25, 0.3) is 10.1 Å². The van der Waals surface area contributed by atoms with E-state index in [4.69, 9.17) is 0 Å². The van der Waals surface area contributed by atoms with Gasteiger partial charge in [0.1, 0.15) is 0 Å². The number of hydrogen-bond acceptors (Lipinski definition) is 3. The van der Waals surface area contributed by atoms with E-state index in [9.17, 15) is 13.0 Å². The maximum Gasteiger partial charge on any atom is 0.290 e. The molecule has 2 N–H and O–H groups in total. The molecule has 0 saturated heterocycles. The topological polar surface area (TPSA) is 66.4 Å². The highest BCUT2D eigenvalue weighted by molar-refractivity contribution is 7.86. The minimum atomic E-state index is -4.23. The third-order valence-electron chi connectivity index (χ3n) is 2.47. The first-order chi connectivity index (χ1) is 8.57. The average molecular weight is 263 g/mol. The van der Waals surface area contributed by atoms with E-state index in [0.717, 1.165) is 0 Å². The van der Waals surface area contributed by atoms with E-state index in [1.165, 1.54) is 0 Å².